The van der Waals surface area contributed by atoms with E-state index in [1.807, 2.05) is 12.1 Å². The lowest BCUT2D eigenvalue weighted by atomic mass is 10.2. The normalized spacial score (nSPS) is 10.2. The lowest BCUT2D eigenvalue weighted by Crippen LogP contribution is -2.05. The SMILES string of the molecule is N#Cc1ccc(Nc2nc(N)nc(Oc3c(Br)cc(Br)cc3Br)n2)cc1. The Morgan fingerprint density at radius 1 is 1.00 bits per heavy atom. The summed E-state index contributed by atoms with van der Waals surface area (Å²) in [5, 5.41) is 11.8. The molecular weight excluding hydrogens is 532 g/mol. The van der Waals surface area contributed by atoms with E-state index in [4.69, 9.17) is 15.7 Å². The van der Waals surface area contributed by atoms with Gasteiger partial charge in [0.1, 0.15) is 0 Å². The van der Waals surface area contributed by atoms with E-state index in [1.165, 1.54) is 0 Å². The van der Waals surface area contributed by atoms with Gasteiger partial charge in [0.05, 0.1) is 20.6 Å². The minimum Gasteiger partial charge on any atom is -0.422 e. The van der Waals surface area contributed by atoms with Crippen molar-refractivity contribution in [3.63, 3.8) is 0 Å². The number of benzene rings is 2. The number of hydrogen-bond donors (Lipinski definition) is 2. The van der Waals surface area contributed by atoms with E-state index in [0.29, 0.717) is 25.9 Å². The molecule has 0 unspecified atom stereocenters. The first-order valence-electron chi connectivity index (χ1n) is 7.06. The maximum atomic E-state index is 8.85. The fourth-order valence-corrected chi connectivity index (χ4v) is 4.37. The standard InChI is InChI=1S/C16H9Br3N6O/c17-9-5-11(18)13(12(19)6-9)26-16-24-14(21)23-15(25-16)22-10-3-1-8(7-20)2-4-10/h1-6H,(H3,21,22,23,24,25). The van der Waals surface area contributed by atoms with Crippen molar-refractivity contribution in [3.05, 3.63) is 55.4 Å². The summed E-state index contributed by atoms with van der Waals surface area (Å²) in [7, 11) is 0. The Morgan fingerprint density at radius 2 is 1.65 bits per heavy atom. The highest BCUT2D eigenvalue weighted by Gasteiger charge is 2.13. The molecule has 10 heteroatoms. The Morgan fingerprint density at radius 3 is 2.27 bits per heavy atom. The molecule has 3 aromatic rings. The van der Waals surface area contributed by atoms with Gasteiger partial charge in [0.25, 0.3) is 0 Å². The summed E-state index contributed by atoms with van der Waals surface area (Å²) in [5.41, 5.74) is 7.01. The number of ether oxygens (including phenoxy) is 1. The average molecular weight is 541 g/mol. The first-order chi connectivity index (χ1) is 12.4. The molecule has 1 heterocycles. The van der Waals surface area contributed by atoms with Crippen LogP contribution in [0.3, 0.4) is 0 Å². The van der Waals surface area contributed by atoms with Gasteiger partial charge in [-0.15, -0.1) is 0 Å². The van der Waals surface area contributed by atoms with Crippen molar-refractivity contribution in [2.24, 2.45) is 0 Å². The second-order valence-electron chi connectivity index (χ2n) is 4.91. The zero-order valence-corrected chi connectivity index (χ0v) is 17.6. The molecule has 0 saturated heterocycles. The van der Waals surface area contributed by atoms with Crippen LogP contribution in [-0.2, 0) is 0 Å². The molecule has 0 fully saturated rings. The maximum absolute atomic E-state index is 8.85. The number of rotatable bonds is 4. The molecule has 2 aromatic carbocycles. The molecule has 7 nitrogen and oxygen atoms in total. The second kappa shape index (κ2) is 7.99. The Hall–Kier alpha value is -2.22. The van der Waals surface area contributed by atoms with Crippen molar-refractivity contribution in [2.75, 3.05) is 11.1 Å². The van der Waals surface area contributed by atoms with Crippen molar-refractivity contribution >= 4 is 65.4 Å². The molecule has 0 saturated carbocycles. The molecule has 26 heavy (non-hydrogen) atoms. The van der Waals surface area contributed by atoms with E-state index in [-0.39, 0.29) is 17.9 Å². The van der Waals surface area contributed by atoms with Crippen LogP contribution in [0.25, 0.3) is 0 Å². The Kier molecular flexibility index (Phi) is 5.70. The molecule has 0 aliphatic heterocycles. The summed E-state index contributed by atoms with van der Waals surface area (Å²) in [5.74, 6) is 0.736. The lowest BCUT2D eigenvalue weighted by molar-refractivity contribution is 0.436. The number of anilines is 3. The highest BCUT2D eigenvalue weighted by atomic mass is 79.9. The molecule has 0 radical (unpaired) electrons. The van der Waals surface area contributed by atoms with Crippen molar-refractivity contribution < 1.29 is 4.74 Å². The molecular formula is C16H9Br3N6O. The van der Waals surface area contributed by atoms with Gasteiger partial charge in [-0.3, -0.25) is 0 Å². The molecule has 0 atom stereocenters. The highest BCUT2D eigenvalue weighted by Crippen LogP contribution is 2.38. The monoisotopic (exact) mass is 538 g/mol. The average Bonchev–Trinajstić information content (AvgIpc) is 2.58. The van der Waals surface area contributed by atoms with E-state index in [2.05, 4.69) is 74.1 Å². The van der Waals surface area contributed by atoms with E-state index in [0.717, 1.165) is 4.47 Å². The summed E-state index contributed by atoms with van der Waals surface area (Å²) in [4.78, 5) is 12.3. The largest absolute Gasteiger partial charge is 0.422 e. The summed E-state index contributed by atoms with van der Waals surface area (Å²) >= 11 is 10.3. The summed E-state index contributed by atoms with van der Waals surface area (Å²) in [6, 6.07) is 12.6. The van der Waals surface area contributed by atoms with E-state index in [1.54, 1.807) is 24.3 Å². The number of halogens is 3. The Balaban J connectivity index is 1.87. The number of nitrogens with two attached hydrogens (primary N) is 1. The van der Waals surface area contributed by atoms with Crippen LogP contribution in [0, 0.1) is 11.3 Å². The lowest BCUT2D eigenvalue weighted by Gasteiger charge is -2.11. The van der Waals surface area contributed by atoms with Crippen molar-refractivity contribution in [1.29, 1.82) is 5.26 Å². The Bertz CT molecular complexity index is 981. The first-order valence-corrected chi connectivity index (χ1v) is 9.43. The van der Waals surface area contributed by atoms with E-state index < -0.39 is 0 Å². The van der Waals surface area contributed by atoms with Gasteiger partial charge in [-0.05, 0) is 68.3 Å². The van der Waals surface area contributed by atoms with Crippen LogP contribution in [0.1, 0.15) is 5.56 Å². The number of hydrogen-bond acceptors (Lipinski definition) is 7. The number of nitrogen functional groups attached to an aromatic ring is 1. The molecule has 3 N–H and O–H groups in total. The van der Waals surface area contributed by atoms with Gasteiger partial charge in [-0.2, -0.15) is 20.2 Å². The summed E-state index contributed by atoms with van der Waals surface area (Å²) < 4.78 is 8.04. The highest BCUT2D eigenvalue weighted by molar-refractivity contribution is 9.11. The zero-order valence-electron chi connectivity index (χ0n) is 12.9. The van der Waals surface area contributed by atoms with Crippen LogP contribution in [0.5, 0.6) is 11.8 Å². The molecule has 1 aromatic heterocycles. The quantitative estimate of drug-likeness (QED) is 0.471. The fraction of sp³-hybridized carbons (Fsp3) is 0. The predicted molar refractivity (Wildman–Crippen MR) is 108 cm³/mol. The van der Waals surface area contributed by atoms with Gasteiger partial charge in [0.15, 0.2) is 5.75 Å². The third kappa shape index (κ3) is 4.49. The first kappa shape index (κ1) is 18.6. The van der Waals surface area contributed by atoms with Gasteiger partial charge < -0.3 is 15.8 Å². The van der Waals surface area contributed by atoms with Gasteiger partial charge in [0, 0.05) is 10.2 Å². The number of aromatic nitrogens is 3. The minimum absolute atomic E-state index is 0.00972. The van der Waals surface area contributed by atoms with Crippen molar-refractivity contribution in [1.82, 2.24) is 15.0 Å². The topological polar surface area (TPSA) is 110 Å². The maximum Gasteiger partial charge on any atom is 0.328 e. The van der Waals surface area contributed by atoms with Crippen molar-refractivity contribution in [2.45, 2.75) is 0 Å². The van der Waals surface area contributed by atoms with Crippen LogP contribution in [0.15, 0.2) is 49.8 Å². The predicted octanol–water partition coefficient (Wildman–Crippen LogP) is 5.15. The van der Waals surface area contributed by atoms with Gasteiger partial charge in [-0.25, -0.2) is 0 Å². The van der Waals surface area contributed by atoms with Crippen LogP contribution < -0.4 is 15.8 Å². The fourth-order valence-electron chi connectivity index (χ4n) is 1.95. The molecule has 3 rings (SSSR count). The second-order valence-corrected chi connectivity index (χ2v) is 7.54. The van der Waals surface area contributed by atoms with Crippen LogP contribution in [0.4, 0.5) is 17.6 Å². The van der Waals surface area contributed by atoms with Gasteiger partial charge >= 0.3 is 6.01 Å². The minimum atomic E-state index is 0.00972. The van der Waals surface area contributed by atoms with E-state index >= 15 is 0 Å². The molecule has 130 valence electrons. The third-order valence-corrected chi connectivity index (χ3v) is 4.69. The van der Waals surface area contributed by atoms with Gasteiger partial charge in [0.2, 0.25) is 11.9 Å². The van der Waals surface area contributed by atoms with Crippen LogP contribution in [-0.4, -0.2) is 15.0 Å². The number of nitrogens with zero attached hydrogens (tertiary/aromatic N) is 4. The smallest absolute Gasteiger partial charge is 0.328 e. The van der Waals surface area contributed by atoms with E-state index in [9.17, 15) is 0 Å². The third-order valence-electron chi connectivity index (χ3n) is 3.06. The molecule has 0 amide bonds. The van der Waals surface area contributed by atoms with Crippen LogP contribution in [0.2, 0.25) is 0 Å². The number of nitriles is 1. The summed E-state index contributed by atoms with van der Waals surface area (Å²) in [6.07, 6.45) is 0. The Labute approximate surface area is 174 Å². The summed E-state index contributed by atoms with van der Waals surface area (Å²) in [6.45, 7) is 0. The molecule has 0 bridgehead atoms. The molecule has 0 spiro atoms. The molecule has 0 aliphatic carbocycles. The molecule has 0 aliphatic rings. The van der Waals surface area contributed by atoms with Crippen molar-refractivity contribution in [3.8, 4) is 17.8 Å². The van der Waals surface area contributed by atoms with Gasteiger partial charge in [-0.1, -0.05) is 15.9 Å². The number of nitrogens with one attached hydrogen (secondary N) is 1. The van der Waals surface area contributed by atoms with Crippen LogP contribution >= 0.6 is 47.8 Å². The zero-order chi connectivity index (χ0) is 18.7.